The summed E-state index contributed by atoms with van der Waals surface area (Å²) in [6, 6.07) is 8.99. The molecule has 2 heterocycles. The van der Waals surface area contributed by atoms with Crippen molar-refractivity contribution in [2.24, 2.45) is 0 Å². The summed E-state index contributed by atoms with van der Waals surface area (Å²) in [5.41, 5.74) is 7.77. The third kappa shape index (κ3) is 9.44. The van der Waals surface area contributed by atoms with E-state index in [9.17, 15) is 30.7 Å². The molecular formula is C38H52N4O7S2. The number of carbonyl (C=O) groups excluding carboxylic acids is 1. The molecule has 13 heteroatoms. The van der Waals surface area contributed by atoms with Gasteiger partial charge >= 0.3 is 0 Å². The number of amides is 1. The maximum Gasteiger partial charge on any atom is 0.219 e. The number of nitrogens with one attached hydrogen (secondary N) is 1. The van der Waals surface area contributed by atoms with Crippen molar-refractivity contribution in [2.45, 2.75) is 99.7 Å². The molecular weight excluding hydrogens is 689 g/mol. The highest BCUT2D eigenvalue weighted by atomic mass is 32.2. The summed E-state index contributed by atoms with van der Waals surface area (Å²) in [5, 5.41) is 3.01. The highest BCUT2D eigenvalue weighted by Gasteiger charge is 2.43. The number of unbranched alkanes of at least 4 members (excludes halogenated alkanes) is 5. The second-order valence-corrected chi connectivity index (χ2v) is 17.1. The summed E-state index contributed by atoms with van der Waals surface area (Å²) in [5.74, 6) is 0.0688. The molecule has 0 saturated heterocycles. The zero-order valence-corrected chi connectivity index (χ0v) is 32.0. The van der Waals surface area contributed by atoms with Gasteiger partial charge in [0.1, 0.15) is 27.3 Å². The lowest BCUT2D eigenvalue weighted by Gasteiger charge is -2.27. The second-order valence-electron chi connectivity index (χ2n) is 14.3. The Labute approximate surface area is 303 Å². The van der Waals surface area contributed by atoms with E-state index in [0.29, 0.717) is 19.5 Å². The Kier molecular flexibility index (Phi) is 12.9. The quantitative estimate of drug-likeness (QED) is 0.101. The molecule has 0 spiro atoms. The third-order valence-electron chi connectivity index (χ3n) is 9.96. The van der Waals surface area contributed by atoms with Crippen LogP contribution >= 0.6 is 0 Å². The molecule has 4 rings (SSSR count). The lowest BCUT2D eigenvalue weighted by molar-refractivity contribution is -0.401. The summed E-state index contributed by atoms with van der Waals surface area (Å²) >= 11 is 0. The Balaban J connectivity index is 1.47. The van der Waals surface area contributed by atoms with Crippen LogP contribution in [-0.4, -0.2) is 68.8 Å². The average molecular weight is 741 g/mol. The minimum atomic E-state index is -4.63. The fourth-order valence-corrected chi connectivity index (χ4v) is 8.08. The van der Waals surface area contributed by atoms with Gasteiger partial charge < -0.3 is 25.1 Å². The van der Waals surface area contributed by atoms with E-state index in [-0.39, 0.29) is 15.7 Å². The van der Waals surface area contributed by atoms with Crippen molar-refractivity contribution >= 4 is 43.2 Å². The molecule has 2 aliphatic rings. The normalized spacial score (nSPS) is 17.6. The summed E-state index contributed by atoms with van der Waals surface area (Å²) in [4.78, 5) is 14.0. The zero-order chi connectivity index (χ0) is 37.6. The van der Waals surface area contributed by atoms with Gasteiger partial charge in [-0.15, -0.1) is 0 Å². The smallest absolute Gasteiger partial charge is 0.219 e. The lowest BCUT2D eigenvalue weighted by atomic mass is 9.81. The van der Waals surface area contributed by atoms with E-state index < -0.39 is 31.1 Å². The molecule has 0 bridgehead atoms. The lowest BCUT2D eigenvalue weighted by Crippen LogP contribution is -2.50. The predicted octanol–water partition coefficient (Wildman–Crippen LogP) is 4.77. The Morgan fingerprint density at radius 3 is 2.12 bits per heavy atom. The highest BCUT2D eigenvalue weighted by molar-refractivity contribution is 7.86. The van der Waals surface area contributed by atoms with E-state index in [1.807, 2.05) is 69.7 Å². The van der Waals surface area contributed by atoms with Crippen LogP contribution in [0.4, 0.5) is 11.4 Å². The molecule has 0 aromatic heterocycles. The van der Waals surface area contributed by atoms with Crippen LogP contribution in [0.2, 0.25) is 0 Å². The molecule has 0 atom stereocenters. The SMILES string of the molecule is C[N+]1=C(/C=C/C=C/C=C2\N(CCCCCC(=O)NCCCCCC[NH3+])c3ccc(S(=O)(=O)[O-])cc3C2(C)C)C(C)(C)c2cc(S(=O)(=O)[O-])ccc21. The van der Waals surface area contributed by atoms with E-state index in [2.05, 4.69) is 16.0 Å². The number of anilines is 1. The summed E-state index contributed by atoms with van der Waals surface area (Å²) in [6.07, 6.45) is 16.9. The molecule has 0 radical (unpaired) electrons. The van der Waals surface area contributed by atoms with Crippen LogP contribution in [-0.2, 0) is 35.9 Å². The van der Waals surface area contributed by atoms with Gasteiger partial charge in [0.15, 0.2) is 5.71 Å². The van der Waals surface area contributed by atoms with Gasteiger partial charge in [-0.25, -0.2) is 16.8 Å². The molecule has 0 fully saturated rings. The summed E-state index contributed by atoms with van der Waals surface area (Å²) < 4.78 is 72.7. The van der Waals surface area contributed by atoms with Crippen molar-refractivity contribution in [3.05, 3.63) is 83.6 Å². The molecule has 0 aliphatic carbocycles. The highest BCUT2D eigenvalue weighted by Crippen LogP contribution is 2.48. The van der Waals surface area contributed by atoms with Gasteiger partial charge in [-0.1, -0.05) is 44.9 Å². The van der Waals surface area contributed by atoms with Crippen molar-refractivity contribution < 1.29 is 41.0 Å². The molecule has 2 aromatic rings. The Bertz CT molecular complexity index is 1960. The molecule has 11 nitrogen and oxygen atoms in total. The van der Waals surface area contributed by atoms with Crippen LogP contribution in [0.1, 0.15) is 90.2 Å². The average Bonchev–Trinajstić information content (AvgIpc) is 3.38. The fourth-order valence-electron chi connectivity index (χ4n) is 7.08. The maximum absolute atomic E-state index is 12.3. The fraction of sp³-hybridized carbons (Fsp3) is 0.474. The molecule has 4 N–H and O–H groups in total. The summed E-state index contributed by atoms with van der Waals surface area (Å²) in [7, 11) is -7.32. The molecule has 2 aliphatic heterocycles. The van der Waals surface area contributed by atoms with Gasteiger partial charge in [0.25, 0.3) is 0 Å². The van der Waals surface area contributed by atoms with Gasteiger partial charge in [-0.2, -0.15) is 4.58 Å². The first kappa shape index (κ1) is 40.2. The van der Waals surface area contributed by atoms with Gasteiger partial charge in [0.2, 0.25) is 11.6 Å². The number of benzene rings is 2. The minimum Gasteiger partial charge on any atom is -0.744 e. The zero-order valence-electron chi connectivity index (χ0n) is 30.4. The molecule has 51 heavy (non-hydrogen) atoms. The van der Waals surface area contributed by atoms with Gasteiger partial charge in [-0.05, 0) is 87.9 Å². The van der Waals surface area contributed by atoms with Crippen molar-refractivity contribution in [3.63, 3.8) is 0 Å². The van der Waals surface area contributed by atoms with E-state index in [1.165, 1.54) is 24.3 Å². The summed E-state index contributed by atoms with van der Waals surface area (Å²) in [6.45, 7) is 10.3. The van der Waals surface area contributed by atoms with Gasteiger partial charge in [0.05, 0.1) is 21.8 Å². The van der Waals surface area contributed by atoms with Gasteiger partial charge in [0, 0.05) is 54.0 Å². The minimum absolute atomic E-state index is 0.0688. The van der Waals surface area contributed by atoms with Crippen LogP contribution in [0.3, 0.4) is 0 Å². The van der Waals surface area contributed by atoms with E-state index in [4.69, 9.17) is 0 Å². The van der Waals surface area contributed by atoms with Crippen molar-refractivity contribution in [2.75, 3.05) is 31.6 Å². The van der Waals surface area contributed by atoms with E-state index in [1.54, 1.807) is 12.1 Å². The molecule has 2 aromatic carbocycles. The monoisotopic (exact) mass is 740 g/mol. The van der Waals surface area contributed by atoms with E-state index >= 15 is 0 Å². The van der Waals surface area contributed by atoms with Crippen molar-refractivity contribution in [1.29, 1.82) is 0 Å². The number of fused-ring (bicyclic) bond motifs is 2. The standard InChI is InChI=1S/C38H52N4O7S2/c1-37(2)30-26-28(50(44,45)46)19-21-32(30)41(5)34(37)16-10-8-11-17-35-38(3,4)31-27-29(51(47,48)49)20-22-33(31)42(35)25-15-9-12-18-36(43)40-24-14-7-6-13-23-39/h8,10-11,16-17,19-22,26-27H,6-7,9,12-15,18,23-25,39H2,1-5H3,(H2-,40,43,44,45,46,47,48,49). The van der Waals surface area contributed by atoms with Crippen LogP contribution in [0.25, 0.3) is 0 Å². The van der Waals surface area contributed by atoms with Crippen LogP contribution in [0, 0.1) is 0 Å². The first-order valence-electron chi connectivity index (χ1n) is 17.6. The number of carbonyl (C=O) groups is 1. The van der Waals surface area contributed by atoms with E-state index in [0.717, 1.165) is 85.4 Å². The van der Waals surface area contributed by atoms with Crippen LogP contribution in [0.5, 0.6) is 0 Å². The predicted molar refractivity (Wildman–Crippen MR) is 197 cm³/mol. The second kappa shape index (κ2) is 16.4. The van der Waals surface area contributed by atoms with Crippen molar-refractivity contribution in [1.82, 2.24) is 5.32 Å². The largest absolute Gasteiger partial charge is 0.744 e. The number of nitrogens with zero attached hydrogens (tertiary/aromatic N) is 2. The van der Waals surface area contributed by atoms with Crippen LogP contribution in [0.15, 0.2) is 82.3 Å². The van der Waals surface area contributed by atoms with Crippen molar-refractivity contribution in [3.8, 4) is 0 Å². The Morgan fingerprint density at radius 1 is 0.824 bits per heavy atom. The Hall–Kier alpha value is -3.62. The molecule has 0 unspecified atom stereocenters. The topological polar surface area (TPSA) is 177 Å². The number of rotatable bonds is 17. The van der Waals surface area contributed by atoms with Crippen LogP contribution < -0.4 is 16.0 Å². The molecule has 1 amide bonds. The number of hydrogen-bond acceptors (Lipinski definition) is 8. The number of allylic oxidation sites excluding steroid dienone is 6. The molecule has 278 valence electrons. The Morgan fingerprint density at radius 2 is 1.45 bits per heavy atom. The van der Waals surface area contributed by atoms with Gasteiger partial charge in [-0.3, -0.25) is 4.79 Å². The first-order valence-corrected chi connectivity index (χ1v) is 20.4. The first-order chi connectivity index (χ1) is 23.9. The number of quaternary nitrogens is 1. The third-order valence-corrected chi connectivity index (χ3v) is 11.6. The maximum atomic E-state index is 12.3. The molecule has 0 saturated carbocycles. The number of hydrogen-bond donors (Lipinski definition) is 2.